The molecular weight excluding hydrogens is 382 g/mol. The number of anilines is 1. The van der Waals surface area contributed by atoms with Crippen LogP contribution in [0.1, 0.15) is 21.5 Å². The second kappa shape index (κ2) is 9.33. The predicted octanol–water partition coefficient (Wildman–Crippen LogP) is 3.61. The summed E-state index contributed by atoms with van der Waals surface area (Å²) >= 11 is 0. The molecule has 8 heteroatoms. The molecule has 0 atom stereocenters. The molecule has 1 heterocycles. The van der Waals surface area contributed by atoms with E-state index < -0.39 is 5.91 Å². The van der Waals surface area contributed by atoms with E-state index in [1.165, 1.54) is 0 Å². The number of carbonyl (C=O) groups is 1. The number of carbonyl (C=O) groups excluding carboxylic acids is 1. The Morgan fingerprint density at radius 1 is 0.867 bits per heavy atom. The number of nitrogens with zero attached hydrogens (tertiary/aromatic N) is 3. The molecule has 2 N–H and O–H groups in total. The average Bonchev–Trinajstić information content (AvgIpc) is 3.31. The lowest BCUT2D eigenvalue weighted by molar-refractivity contribution is 0.102. The van der Waals surface area contributed by atoms with E-state index in [9.17, 15) is 4.79 Å². The Bertz CT molecular complexity index is 1090. The van der Waals surface area contributed by atoms with Crippen molar-refractivity contribution < 1.29 is 14.3 Å². The molecule has 0 spiro atoms. The highest BCUT2D eigenvalue weighted by molar-refractivity contribution is 6.05. The number of aromatic amines is 1. The van der Waals surface area contributed by atoms with Gasteiger partial charge in [-0.15, -0.1) is 0 Å². The van der Waals surface area contributed by atoms with Crippen molar-refractivity contribution >= 4 is 11.9 Å². The van der Waals surface area contributed by atoms with Crippen molar-refractivity contribution in [2.24, 2.45) is 0 Å². The van der Waals surface area contributed by atoms with Crippen LogP contribution in [0.4, 0.5) is 5.95 Å². The minimum absolute atomic E-state index is 0.143. The molecule has 1 aromatic heterocycles. The summed E-state index contributed by atoms with van der Waals surface area (Å²) in [7, 11) is 0. The van der Waals surface area contributed by atoms with E-state index in [4.69, 9.17) is 9.47 Å². The van der Waals surface area contributed by atoms with Gasteiger partial charge in [0.25, 0.3) is 5.91 Å². The highest BCUT2D eigenvalue weighted by atomic mass is 16.5. The van der Waals surface area contributed by atoms with E-state index in [0.717, 1.165) is 11.1 Å². The number of rotatable bonds is 8. The molecule has 8 nitrogen and oxygen atoms in total. The van der Waals surface area contributed by atoms with Crippen LogP contribution >= 0.6 is 0 Å². The number of amides is 1. The summed E-state index contributed by atoms with van der Waals surface area (Å²) in [6.07, 6.45) is 0. The molecule has 0 bridgehead atoms. The van der Waals surface area contributed by atoms with Crippen molar-refractivity contribution in [3.8, 4) is 11.5 Å². The summed E-state index contributed by atoms with van der Waals surface area (Å²) < 4.78 is 11.8. The first-order valence-electron chi connectivity index (χ1n) is 9.30. The smallest absolute Gasteiger partial charge is 0.261 e. The highest BCUT2D eigenvalue weighted by Gasteiger charge is 2.16. The fourth-order valence-electron chi connectivity index (χ4n) is 2.77. The molecule has 30 heavy (non-hydrogen) atoms. The molecule has 4 aromatic rings. The molecule has 0 aliphatic heterocycles. The first kappa shape index (κ1) is 19.1. The summed E-state index contributed by atoms with van der Waals surface area (Å²) in [4.78, 5) is 12.8. The first-order chi connectivity index (χ1) is 14.8. The number of nitrogens with one attached hydrogen (secondary N) is 2. The van der Waals surface area contributed by atoms with Crippen LogP contribution < -0.4 is 14.8 Å². The monoisotopic (exact) mass is 401 g/mol. The Morgan fingerprint density at radius 2 is 1.53 bits per heavy atom. The Hall–Kier alpha value is -4.20. The topological polar surface area (TPSA) is 102 Å². The van der Waals surface area contributed by atoms with Crippen LogP contribution in [0.3, 0.4) is 0 Å². The van der Waals surface area contributed by atoms with E-state index in [1.54, 1.807) is 18.2 Å². The van der Waals surface area contributed by atoms with Crippen molar-refractivity contribution in [3.63, 3.8) is 0 Å². The fourth-order valence-corrected chi connectivity index (χ4v) is 2.77. The van der Waals surface area contributed by atoms with E-state index in [-0.39, 0.29) is 5.95 Å². The maximum atomic E-state index is 12.8. The van der Waals surface area contributed by atoms with Gasteiger partial charge in [-0.2, -0.15) is 0 Å². The molecular formula is C22H19N5O3. The molecule has 1 amide bonds. The van der Waals surface area contributed by atoms with Gasteiger partial charge in [0.1, 0.15) is 24.7 Å². The lowest BCUT2D eigenvalue weighted by Gasteiger charge is -2.13. The van der Waals surface area contributed by atoms with Crippen molar-refractivity contribution in [1.82, 2.24) is 20.6 Å². The van der Waals surface area contributed by atoms with E-state index in [1.807, 2.05) is 60.7 Å². The van der Waals surface area contributed by atoms with Gasteiger partial charge in [0.15, 0.2) is 0 Å². The third-order valence-electron chi connectivity index (χ3n) is 4.26. The lowest BCUT2D eigenvalue weighted by atomic mass is 10.1. The number of H-pyrrole nitrogens is 1. The number of hydrogen-bond acceptors (Lipinski definition) is 6. The number of aromatic nitrogens is 4. The maximum Gasteiger partial charge on any atom is 0.261 e. The molecule has 0 aliphatic carbocycles. The zero-order valence-corrected chi connectivity index (χ0v) is 16.0. The van der Waals surface area contributed by atoms with Crippen molar-refractivity contribution in [2.75, 3.05) is 5.32 Å². The first-order valence-corrected chi connectivity index (χ1v) is 9.30. The van der Waals surface area contributed by atoms with Gasteiger partial charge in [-0.3, -0.25) is 10.1 Å². The molecule has 0 fully saturated rings. The second-order valence-electron chi connectivity index (χ2n) is 6.41. The Morgan fingerprint density at radius 3 is 2.17 bits per heavy atom. The van der Waals surface area contributed by atoms with Gasteiger partial charge in [-0.1, -0.05) is 65.8 Å². The number of tetrazole rings is 1. The summed E-state index contributed by atoms with van der Waals surface area (Å²) in [5, 5.41) is 15.7. The SMILES string of the molecule is O=C(Nc1nnn[nH]1)c1cc(OCc2ccccc2)ccc1OCc1ccccc1. The van der Waals surface area contributed by atoms with Crippen molar-refractivity contribution in [3.05, 3.63) is 95.6 Å². The third-order valence-corrected chi connectivity index (χ3v) is 4.26. The minimum Gasteiger partial charge on any atom is -0.489 e. The fraction of sp³-hybridized carbons (Fsp3) is 0.0909. The van der Waals surface area contributed by atoms with E-state index >= 15 is 0 Å². The van der Waals surface area contributed by atoms with Gasteiger partial charge < -0.3 is 9.47 Å². The summed E-state index contributed by atoms with van der Waals surface area (Å²) in [5.41, 5.74) is 2.33. The highest BCUT2D eigenvalue weighted by Crippen LogP contribution is 2.26. The second-order valence-corrected chi connectivity index (χ2v) is 6.41. The quantitative estimate of drug-likeness (QED) is 0.468. The van der Waals surface area contributed by atoms with E-state index in [0.29, 0.717) is 30.3 Å². The predicted molar refractivity (Wildman–Crippen MR) is 110 cm³/mol. The average molecular weight is 401 g/mol. The number of benzene rings is 3. The molecule has 0 saturated heterocycles. The third kappa shape index (κ3) is 4.99. The summed E-state index contributed by atoms with van der Waals surface area (Å²) in [6.45, 7) is 0.716. The molecule has 0 aliphatic rings. The summed E-state index contributed by atoms with van der Waals surface area (Å²) in [5.74, 6) is 0.703. The van der Waals surface area contributed by atoms with Crippen LogP contribution in [0.15, 0.2) is 78.9 Å². The number of hydrogen-bond donors (Lipinski definition) is 2. The van der Waals surface area contributed by atoms with Gasteiger partial charge in [0, 0.05) is 0 Å². The van der Waals surface area contributed by atoms with Crippen LogP contribution in [-0.2, 0) is 13.2 Å². The minimum atomic E-state index is -0.415. The summed E-state index contributed by atoms with van der Waals surface area (Å²) in [6, 6.07) is 24.6. The zero-order valence-electron chi connectivity index (χ0n) is 16.0. The zero-order chi connectivity index (χ0) is 20.6. The standard InChI is InChI=1S/C22H19N5O3/c28-21(23-22-24-26-27-25-22)19-13-18(29-14-16-7-3-1-4-8-16)11-12-20(19)30-15-17-9-5-2-6-10-17/h1-13H,14-15H2,(H2,23,24,25,26,27,28). The van der Waals surface area contributed by atoms with Gasteiger partial charge in [0.05, 0.1) is 5.56 Å². The molecule has 3 aromatic carbocycles. The van der Waals surface area contributed by atoms with Gasteiger partial charge in [-0.05, 0) is 39.8 Å². The normalized spacial score (nSPS) is 10.4. The van der Waals surface area contributed by atoms with Crippen molar-refractivity contribution in [2.45, 2.75) is 13.2 Å². The van der Waals surface area contributed by atoms with Crippen molar-refractivity contribution in [1.29, 1.82) is 0 Å². The van der Waals surface area contributed by atoms with Crippen LogP contribution in [0.2, 0.25) is 0 Å². The van der Waals surface area contributed by atoms with Crippen LogP contribution in [0.5, 0.6) is 11.5 Å². The largest absolute Gasteiger partial charge is 0.489 e. The van der Waals surface area contributed by atoms with E-state index in [2.05, 4.69) is 25.9 Å². The Labute approximate surface area is 172 Å². The molecule has 0 radical (unpaired) electrons. The maximum absolute atomic E-state index is 12.8. The molecule has 0 unspecified atom stereocenters. The van der Waals surface area contributed by atoms with Crippen LogP contribution in [-0.4, -0.2) is 26.5 Å². The molecule has 0 saturated carbocycles. The number of ether oxygens (including phenoxy) is 2. The van der Waals surface area contributed by atoms with Crippen LogP contribution in [0.25, 0.3) is 0 Å². The molecule has 4 rings (SSSR count). The lowest BCUT2D eigenvalue weighted by Crippen LogP contribution is -2.15. The Kier molecular flexibility index (Phi) is 5.95. The Balaban J connectivity index is 1.53. The van der Waals surface area contributed by atoms with Gasteiger partial charge in [0.2, 0.25) is 5.95 Å². The van der Waals surface area contributed by atoms with Crippen LogP contribution in [0, 0.1) is 0 Å². The van der Waals surface area contributed by atoms with Gasteiger partial charge >= 0.3 is 0 Å². The van der Waals surface area contributed by atoms with Gasteiger partial charge in [-0.25, -0.2) is 5.10 Å². The molecule has 150 valence electrons.